The summed E-state index contributed by atoms with van der Waals surface area (Å²) in [6.07, 6.45) is 0. The highest BCUT2D eigenvalue weighted by Gasteiger charge is 2.14. The van der Waals surface area contributed by atoms with Crippen LogP contribution in [0.4, 0.5) is 0 Å². The van der Waals surface area contributed by atoms with Gasteiger partial charge in [-0.25, -0.2) is 0 Å². The predicted octanol–water partition coefficient (Wildman–Crippen LogP) is 3.14. The van der Waals surface area contributed by atoms with E-state index in [0.717, 1.165) is 13.1 Å². The lowest BCUT2D eigenvalue weighted by Crippen LogP contribution is -2.32. The Bertz CT molecular complexity index is 410. The molecular weight excluding hydrogens is 273 g/mol. The Labute approximate surface area is 118 Å². The number of hydrogen-bond acceptors (Lipinski definition) is 3. The van der Waals surface area contributed by atoms with Crippen molar-refractivity contribution in [2.24, 2.45) is 0 Å². The minimum absolute atomic E-state index is 0.0274. The number of methoxy groups -OCH3 is 1. The number of ether oxygens (including phenoxy) is 1. The first-order valence-corrected chi connectivity index (χ1v) is 6.53. The number of nitrogens with zero attached hydrogens (tertiary/aromatic N) is 1. The van der Waals surface area contributed by atoms with Gasteiger partial charge in [-0.2, -0.15) is 0 Å². The van der Waals surface area contributed by atoms with Crippen LogP contribution in [0, 0.1) is 0 Å². The number of ketones is 1. The van der Waals surface area contributed by atoms with Crippen LogP contribution < -0.4 is 0 Å². The Morgan fingerprint density at radius 3 is 2.72 bits per heavy atom. The van der Waals surface area contributed by atoms with E-state index < -0.39 is 0 Å². The zero-order chi connectivity index (χ0) is 13.5. The number of benzene rings is 1. The summed E-state index contributed by atoms with van der Waals surface area (Å²) >= 11 is 11.9. The molecule has 0 heterocycles. The zero-order valence-electron chi connectivity index (χ0n) is 10.6. The summed E-state index contributed by atoms with van der Waals surface area (Å²) in [6.45, 7) is 4.43. The smallest absolute Gasteiger partial charge is 0.178 e. The number of carbonyl (C=O) groups is 1. The average molecular weight is 290 g/mol. The SMILES string of the molecule is CCN(CCOC)CC(=O)c1cc(Cl)ccc1Cl. The van der Waals surface area contributed by atoms with E-state index in [1.165, 1.54) is 0 Å². The van der Waals surface area contributed by atoms with Crippen LogP contribution in [0.1, 0.15) is 17.3 Å². The van der Waals surface area contributed by atoms with E-state index in [1.54, 1.807) is 25.3 Å². The minimum atomic E-state index is -0.0274. The fourth-order valence-electron chi connectivity index (χ4n) is 1.57. The fourth-order valence-corrected chi connectivity index (χ4v) is 1.96. The van der Waals surface area contributed by atoms with Gasteiger partial charge in [0.1, 0.15) is 0 Å². The molecule has 0 bridgehead atoms. The van der Waals surface area contributed by atoms with Gasteiger partial charge >= 0.3 is 0 Å². The highest BCUT2D eigenvalue weighted by molar-refractivity contribution is 6.36. The summed E-state index contributed by atoms with van der Waals surface area (Å²) in [5.74, 6) is -0.0274. The molecule has 0 aliphatic carbocycles. The van der Waals surface area contributed by atoms with Gasteiger partial charge in [0.25, 0.3) is 0 Å². The fraction of sp³-hybridized carbons (Fsp3) is 0.462. The van der Waals surface area contributed by atoms with E-state index >= 15 is 0 Å². The lowest BCUT2D eigenvalue weighted by molar-refractivity contribution is 0.0902. The molecule has 0 radical (unpaired) electrons. The van der Waals surface area contributed by atoms with E-state index in [4.69, 9.17) is 27.9 Å². The normalized spacial score (nSPS) is 10.9. The van der Waals surface area contributed by atoms with Crippen molar-refractivity contribution in [3.8, 4) is 0 Å². The second-order valence-corrected chi connectivity index (χ2v) is 4.75. The molecular formula is C13H17Cl2NO2. The van der Waals surface area contributed by atoms with Crippen LogP contribution in [-0.4, -0.2) is 44.0 Å². The van der Waals surface area contributed by atoms with Crippen molar-refractivity contribution >= 4 is 29.0 Å². The van der Waals surface area contributed by atoms with Gasteiger partial charge in [-0.05, 0) is 24.7 Å². The van der Waals surface area contributed by atoms with Gasteiger partial charge in [-0.1, -0.05) is 30.1 Å². The maximum absolute atomic E-state index is 12.1. The van der Waals surface area contributed by atoms with E-state index in [2.05, 4.69) is 0 Å². The lowest BCUT2D eigenvalue weighted by atomic mass is 10.1. The van der Waals surface area contributed by atoms with Crippen LogP contribution in [0.2, 0.25) is 10.0 Å². The number of rotatable bonds is 7. The highest BCUT2D eigenvalue weighted by Crippen LogP contribution is 2.21. The Balaban J connectivity index is 2.71. The molecule has 0 fully saturated rings. The second-order valence-electron chi connectivity index (χ2n) is 3.91. The third-order valence-electron chi connectivity index (χ3n) is 2.65. The van der Waals surface area contributed by atoms with Gasteiger partial charge in [0.2, 0.25) is 0 Å². The summed E-state index contributed by atoms with van der Waals surface area (Å²) in [6, 6.07) is 4.92. The summed E-state index contributed by atoms with van der Waals surface area (Å²) < 4.78 is 5.00. The largest absolute Gasteiger partial charge is 0.383 e. The van der Waals surface area contributed by atoms with Gasteiger partial charge < -0.3 is 4.74 Å². The molecule has 1 aromatic carbocycles. The number of halogens is 2. The Kier molecular flexibility index (Phi) is 6.65. The quantitative estimate of drug-likeness (QED) is 0.722. The number of Topliss-reactive ketones (excluding diaryl/α,β-unsaturated/α-hetero) is 1. The average Bonchev–Trinajstić information content (AvgIpc) is 2.37. The van der Waals surface area contributed by atoms with Crippen molar-refractivity contribution in [2.45, 2.75) is 6.92 Å². The van der Waals surface area contributed by atoms with E-state index in [1.807, 2.05) is 11.8 Å². The molecule has 5 heteroatoms. The summed E-state index contributed by atoms with van der Waals surface area (Å²) in [5.41, 5.74) is 0.472. The second kappa shape index (κ2) is 7.74. The summed E-state index contributed by atoms with van der Waals surface area (Å²) in [4.78, 5) is 14.1. The molecule has 1 aromatic rings. The number of carbonyl (C=O) groups excluding carboxylic acids is 1. The van der Waals surface area contributed by atoms with Crippen LogP contribution in [0.3, 0.4) is 0 Å². The molecule has 0 saturated carbocycles. The van der Waals surface area contributed by atoms with Crippen LogP contribution >= 0.6 is 23.2 Å². The first-order chi connectivity index (χ1) is 8.58. The highest BCUT2D eigenvalue weighted by atomic mass is 35.5. The van der Waals surface area contributed by atoms with Crippen LogP contribution in [0.5, 0.6) is 0 Å². The molecule has 3 nitrogen and oxygen atoms in total. The summed E-state index contributed by atoms with van der Waals surface area (Å²) in [5, 5.41) is 0.954. The first-order valence-electron chi connectivity index (χ1n) is 5.78. The van der Waals surface area contributed by atoms with Gasteiger partial charge in [-0.15, -0.1) is 0 Å². The van der Waals surface area contributed by atoms with Crippen LogP contribution in [-0.2, 0) is 4.74 Å². The van der Waals surface area contributed by atoms with Gasteiger partial charge in [0.05, 0.1) is 18.2 Å². The molecule has 100 valence electrons. The molecule has 18 heavy (non-hydrogen) atoms. The third kappa shape index (κ3) is 4.58. The molecule has 0 aliphatic rings. The standard InChI is InChI=1S/C13H17Cl2NO2/c1-3-16(6-7-18-2)9-13(17)11-8-10(14)4-5-12(11)15/h4-5,8H,3,6-7,9H2,1-2H3. The van der Waals surface area contributed by atoms with Crippen molar-refractivity contribution in [2.75, 3.05) is 33.4 Å². The van der Waals surface area contributed by atoms with E-state index in [0.29, 0.717) is 28.8 Å². The Hall–Kier alpha value is -0.610. The van der Waals surface area contributed by atoms with Crippen molar-refractivity contribution in [1.29, 1.82) is 0 Å². The molecule has 0 N–H and O–H groups in total. The molecule has 0 saturated heterocycles. The predicted molar refractivity (Wildman–Crippen MR) is 74.8 cm³/mol. The molecule has 0 aromatic heterocycles. The molecule has 1 rings (SSSR count). The van der Waals surface area contributed by atoms with E-state index in [9.17, 15) is 4.79 Å². The third-order valence-corrected chi connectivity index (χ3v) is 3.22. The van der Waals surface area contributed by atoms with Crippen LogP contribution in [0.15, 0.2) is 18.2 Å². The van der Waals surface area contributed by atoms with Gasteiger partial charge in [0, 0.05) is 24.2 Å². The van der Waals surface area contributed by atoms with Crippen molar-refractivity contribution in [3.63, 3.8) is 0 Å². The molecule has 0 amide bonds. The minimum Gasteiger partial charge on any atom is -0.383 e. The monoisotopic (exact) mass is 289 g/mol. The first kappa shape index (κ1) is 15.4. The van der Waals surface area contributed by atoms with Crippen molar-refractivity contribution in [1.82, 2.24) is 4.90 Å². The van der Waals surface area contributed by atoms with Crippen molar-refractivity contribution < 1.29 is 9.53 Å². The van der Waals surface area contributed by atoms with Crippen LogP contribution in [0.25, 0.3) is 0 Å². The molecule has 0 atom stereocenters. The van der Waals surface area contributed by atoms with Gasteiger partial charge in [-0.3, -0.25) is 9.69 Å². The van der Waals surface area contributed by atoms with Gasteiger partial charge in [0.15, 0.2) is 5.78 Å². The maximum Gasteiger partial charge on any atom is 0.178 e. The Morgan fingerprint density at radius 1 is 1.39 bits per heavy atom. The topological polar surface area (TPSA) is 29.5 Å². The molecule has 0 aliphatic heterocycles. The summed E-state index contributed by atoms with van der Waals surface area (Å²) in [7, 11) is 1.64. The molecule has 0 spiro atoms. The number of hydrogen-bond donors (Lipinski definition) is 0. The Morgan fingerprint density at radius 2 is 2.11 bits per heavy atom. The van der Waals surface area contributed by atoms with E-state index in [-0.39, 0.29) is 5.78 Å². The lowest BCUT2D eigenvalue weighted by Gasteiger charge is -2.19. The molecule has 0 unspecified atom stereocenters. The maximum atomic E-state index is 12.1. The van der Waals surface area contributed by atoms with Crippen molar-refractivity contribution in [3.05, 3.63) is 33.8 Å². The zero-order valence-corrected chi connectivity index (χ0v) is 12.1. The number of likely N-dealkylation sites (N-methyl/N-ethyl adjacent to an activating group) is 1.